The molecule has 1 amide bonds. The number of carbonyl (C=O) groups is 1. The molecule has 3 aromatic rings. The molecule has 0 unspecified atom stereocenters. The lowest BCUT2D eigenvalue weighted by molar-refractivity contribution is -0.385. The van der Waals surface area contributed by atoms with Crippen molar-refractivity contribution in [1.82, 2.24) is 9.88 Å². The Morgan fingerprint density at radius 2 is 1.91 bits per heavy atom. The van der Waals surface area contributed by atoms with Gasteiger partial charge in [0, 0.05) is 24.2 Å². The summed E-state index contributed by atoms with van der Waals surface area (Å²) in [5.41, 5.74) is 0.387. The number of fused-ring (bicyclic) bond motifs is 1. The van der Waals surface area contributed by atoms with E-state index in [4.69, 9.17) is 16.3 Å². The monoisotopic (exact) mass is 476 g/mol. The molecule has 0 spiro atoms. The number of aromatic nitrogens is 1. The van der Waals surface area contributed by atoms with Gasteiger partial charge in [-0.1, -0.05) is 36.8 Å². The summed E-state index contributed by atoms with van der Waals surface area (Å²) in [6.07, 6.45) is 0. The number of rotatable bonds is 10. The van der Waals surface area contributed by atoms with Gasteiger partial charge in [0.25, 0.3) is 11.6 Å². The standard InChI is InChI=1S/C22H25ClN4O4S/c1-4-25(5-2)11-12-26(21(28)17-13-15(23)7-10-19(17)27(29)30)22-24-18-9-8-16(31-6-3)14-20(18)32-22/h7-10,13-14H,4-6,11-12H2,1-3H3. The maximum Gasteiger partial charge on any atom is 0.282 e. The molecule has 10 heteroatoms. The molecule has 0 saturated heterocycles. The van der Waals surface area contributed by atoms with Crippen molar-refractivity contribution in [3.8, 4) is 5.75 Å². The molecule has 0 saturated carbocycles. The van der Waals surface area contributed by atoms with Crippen LogP contribution >= 0.6 is 22.9 Å². The minimum atomic E-state index is -0.571. The summed E-state index contributed by atoms with van der Waals surface area (Å²) in [6.45, 7) is 9.14. The zero-order valence-electron chi connectivity index (χ0n) is 18.2. The van der Waals surface area contributed by atoms with Gasteiger partial charge in [0.15, 0.2) is 5.13 Å². The Morgan fingerprint density at radius 3 is 2.56 bits per heavy atom. The normalized spacial score (nSPS) is 11.2. The van der Waals surface area contributed by atoms with Crippen molar-refractivity contribution in [2.75, 3.05) is 37.7 Å². The molecular weight excluding hydrogens is 452 g/mol. The van der Waals surface area contributed by atoms with Gasteiger partial charge >= 0.3 is 0 Å². The Morgan fingerprint density at radius 1 is 1.16 bits per heavy atom. The summed E-state index contributed by atoms with van der Waals surface area (Å²) in [7, 11) is 0. The Kier molecular flexibility index (Phi) is 8.00. The molecule has 0 aliphatic carbocycles. The van der Waals surface area contributed by atoms with E-state index in [1.165, 1.54) is 34.4 Å². The molecule has 0 bridgehead atoms. The summed E-state index contributed by atoms with van der Waals surface area (Å²) < 4.78 is 6.43. The van der Waals surface area contributed by atoms with Crippen LogP contribution in [0.4, 0.5) is 10.8 Å². The Bertz CT molecular complexity index is 1120. The smallest absolute Gasteiger partial charge is 0.282 e. The lowest BCUT2D eigenvalue weighted by Gasteiger charge is -2.24. The zero-order chi connectivity index (χ0) is 23.3. The Hall–Kier alpha value is -2.75. The van der Waals surface area contributed by atoms with Crippen molar-refractivity contribution >= 4 is 49.9 Å². The fourth-order valence-electron chi connectivity index (χ4n) is 3.31. The Labute approximate surface area is 195 Å². The number of anilines is 1. The number of amides is 1. The number of carbonyl (C=O) groups excluding carboxylic acids is 1. The number of thiazole rings is 1. The van der Waals surface area contributed by atoms with Crippen LogP contribution in [0.25, 0.3) is 10.2 Å². The number of nitro groups is 1. The Balaban J connectivity index is 2.04. The van der Waals surface area contributed by atoms with E-state index in [-0.39, 0.29) is 16.3 Å². The second-order valence-corrected chi connectivity index (χ2v) is 8.41. The van der Waals surface area contributed by atoms with E-state index in [0.717, 1.165) is 29.1 Å². The summed E-state index contributed by atoms with van der Waals surface area (Å²) in [4.78, 5) is 32.8. The number of nitro benzene ring substituents is 1. The van der Waals surface area contributed by atoms with Crippen LogP contribution in [0, 0.1) is 10.1 Å². The van der Waals surface area contributed by atoms with Crippen molar-refractivity contribution in [3.63, 3.8) is 0 Å². The summed E-state index contributed by atoms with van der Waals surface area (Å²) in [5, 5.41) is 12.3. The predicted molar refractivity (Wildman–Crippen MR) is 128 cm³/mol. The third-order valence-electron chi connectivity index (χ3n) is 5.06. The first kappa shape index (κ1) is 23.9. The number of hydrogen-bond acceptors (Lipinski definition) is 7. The topological polar surface area (TPSA) is 88.8 Å². The van der Waals surface area contributed by atoms with Gasteiger partial charge in [-0.3, -0.25) is 19.8 Å². The average Bonchev–Trinajstić information content (AvgIpc) is 3.19. The van der Waals surface area contributed by atoms with Gasteiger partial charge in [-0.15, -0.1) is 0 Å². The highest BCUT2D eigenvalue weighted by atomic mass is 35.5. The largest absolute Gasteiger partial charge is 0.494 e. The third-order valence-corrected chi connectivity index (χ3v) is 6.33. The number of likely N-dealkylation sites (N-methyl/N-ethyl adjacent to an activating group) is 1. The third kappa shape index (κ3) is 5.35. The van der Waals surface area contributed by atoms with Crippen LogP contribution in [0.15, 0.2) is 36.4 Å². The van der Waals surface area contributed by atoms with Gasteiger partial charge in [-0.2, -0.15) is 0 Å². The zero-order valence-corrected chi connectivity index (χ0v) is 19.8. The van der Waals surface area contributed by atoms with Crippen LogP contribution in [-0.4, -0.2) is 53.5 Å². The average molecular weight is 477 g/mol. The summed E-state index contributed by atoms with van der Waals surface area (Å²) in [5.74, 6) is 0.220. The SMILES string of the molecule is CCOc1ccc2nc(N(CCN(CC)CC)C(=O)c3cc(Cl)ccc3[N+](=O)[O-])sc2c1. The van der Waals surface area contributed by atoms with Gasteiger partial charge in [0.1, 0.15) is 11.3 Å². The molecule has 3 rings (SSSR count). The molecular formula is C22H25ClN4O4S. The number of halogens is 1. The van der Waals surface area contributed by atoms with Crippen molar-refractivity contribution < 1.29 is 14.5 Å². The van der Waals surface area contributed by atoms with Crippen LogP contribution in [-0.2, 0) is 0 Å². The van der Waals surface area contributed by atoms with E-state index in [1.54, 1.807) is 0 Å². The molecule has 0 N–H and O–H groups in total. The highest BCUT2D eigenvalue weighted by Gasteiger charge is 2.28. The lowest BCUT2D eigenvalue weighted by Crippen LogP contribution is -2.39. The summed E-state index contributed by atoms with van der Waals surface area (Å²) >= 11 is 7.42. The first-order chi connectivity index (χ1) is 15.4. The molecule has 0 atom stereocenters. The van der Waals surface area contributed by atoms with Crippen molar-refractivity contribution in [2.45, 2.75) is 20.8 Å². The first-order valence-corrected chi connectivity index (χ1v) is 11.6. The highest BCUT2D eigenvalue weighted by molar-refractivity contribution is 7.22. The van der Waals surface area contributed by atoms with E-state index in [9.17, 15) is 14.9 Å². The first-order valence-electron chi connectivity index (χ1n) is 10.4. The van der Waals surface area contributed by atoms with E-state index >= 15 is 0 Å². The fraction of sp³-hybridized carbons (Fsp3) is 0.364. The van der Waals surface area contributed by atoms with Crippen molar-refractivity contribution in [3.05, 3.63) is 57.1 Å². The van der Waals surface area contributed by atoms with Gasteiger partial charge in [0.05, 0.1) is 21.7 Å². The predicted octanol–water partition coefficient (Wildman–Crippen LogP) is 5.25. The fourth-order valence-corrected chi connectivity index (χ4v) is 4.50. The van der Waals surface area contributed by atoms with Gasteiger partial charge < -0.3 is 9.64 Å². The van der Waals surface area contributed by atoms with E-state index < -0.39 is 10.8 Å². The molecule has 0 aliphatic heterocycles. The molecule has 1 aromatic heterocycles. The van der Waals surface area contributed by atoms with Crippen molar-refractivity contribution in [1.29, 1.82) is 0 Å². The number of benzene rings is 2. The highest BCUT2D eigenvalue weighted by Crippen LogP contribution is 2.33. The maximum atomic E-state index is 13.5. The quantitative estimate of drug-likeness (QED) is 0.293. The summed E-state index contributed by atoms with van der Waals surface area (Å²) in [6, 6.07) is 9.56. The van der Waals surface area contributed by atoms with Crippen LogP contribution in [0.2, 0.25) is 5.02 Å². The lowest BCUT2D eigenvalue weighted by atomic mass is 10.1. The maximum absolute atomic E-state index is 13.5. The number of ether oxygens (including phenoxy) is 1. The van der Waals surface area contributed by atoms with E-state index in [2.05, 4.69) is 9.88 Å². The number of hydrogen-bond donors (Lipinski definition) is 0. The second kappa shape index (κ2) is 10.7. The molecule has 0 fully saturated rings. The molecule has 170 valence electrons. The molecule has 8 nitrogen and oxygen atoms in total. The van der Waals surface area contributed by atoms with Gasteiger partial charge in [-0.05, 0) is 50.3 Å². The minimum absolute atomic E-state index is 0.0590. The van der Waals surface area contributed by atoms with Crippen LogP contribution < -0.4 is 9.64 Å². The molecule has 1 heterocycles. The molecule has 2 aromatic carbocycles. The van der Waals surface area contributed by atoms with E-state index in [1.807, 2.05) is 39.0 Å². The van der Waals surface area contributed by atoms with Gasteiger partial charge in [0.2, 0.25) is 0 Å². The molecule has 32 heavy (non-hydrogen) atoms. The molecule has 0 aliphatic rings. The number of nitrogens with zero attached hydrogens (tertiary/aromatic N) is 4. The minimum Gasteiger partial charge on any atom is -0.494 e. The van der Waals surface area contributed by atoms with Gasteiger partial charge in [-0.25, -0.2) is 4.98 Å². The molecule has 0 radical (unpaired) electrons. The second-order valence-electron chi connectivity index (χ2n) is 6.96. The van der Waals surface area contributed by atoms with Crippen LogP contribution in [0.3, 0.4) is 0 Å². The van der Waals surface area contributed by atoms with Crippen LogP contribution in [0.1, 0.15) is 31.1 Å². The van der Waals surface area contributed by atoms with Crippen LogP contribution in [0.5, 0.6) is 5.75 Å². The van der Waals surface area contributed by atoms with E-state index in [0.29, 0.717) is 24.8 Å². The van der Waals surface area contributed by atoms with Crippen molar-refractivity contribution in [2.24, 2.45) is 0 Å².